The maximum absolute atomic E-state index is 12.6. The first-order chi connectivity index (χ1) is 14.3. The normalized spacial score (nSPS) is 13.0. The van der Waals surface area contributed by atoms with Crippen LogP contribution in [-0.4, -0.2) is 18.6 Å². The van der Waals surface area contributed by atoms with Crippen molar-refractivity contribution in [1.29, 1.82) is 0 Å². The standard InChI is InChI=1S/C18H11F6N3O3S/c19-17(20,21)12-5-7-13(8-6-12)27-31(28,29)14-3-1-2-11(10-14)4-9-15-25-16(30-26-15)18(22,23)24/h1-10,27H. The number of alkyl halides is 6. The van der Waals surface area contributed by atoms with E-state index in [0.29, 0.717) is 0 Å². The van der Waals surface area contributed by atoms with Gasteiger partial charge in [0, 0.05) is 5.69 Å². The van der Waals surface area contributed by atoms with Gasteiger partial charge in [-0.15, -0.1) is 0 Å². The lowest BCUT2D eigenvalue weighted by atomic mass is 10.2. The number of rotatable bonds is 5. The number of halogens is 6. The number of benzene rings is 2. The summed E-state index contributed by atoms with van der Waals surface area (Å²) in [5.74, 6) is -1.90. The fraction of sp³-hybridized carbons (Fsp3) is 0.111. The quantitative estimate of drug-likeness (QED) is 0.534. The zero-order valence-electron chi connectivity index (χ0n) is 15.1. The van der Waals surface area contributed by atoms with Crippen LogP contribution in [0.25, 0.3) is 12.2 Å². The molecule has 0 bridgehead atoms. The van der Waals surface area contributed by atoms with Gasteiger partial charge in [-0.25, -0.2) is 8.42 Å². The Hall–Kier alpha value is -3.35. The van der Waals surface area contributed by atoms with E-state index in [4.69, 9.17) is 0 Å². The van der Waals surface area contributed by atoms with Crippen molar-refractivity contribution in [3.05, 3.63) is 71.4 Å². The van der Waals surface area contributed by atoms with Crippen LogP contribution >= 0.6 is 0 Å². The Morgan fingerprint density at radius 3 is 2.16 bits per heavy atom. The van der Waals surface area contributed by atoms with Gasteiger partial charge in [0.05, 0.1) is 10.5 Å². The predicted octanol–water partition coefficient (Wildman–Crippen LogP) is 5.08. The highest BCUT2D eigenvalue weighted by atomic mass is 32.2. The van der Waals surface area contributed by atoms with Crippen molar-refractivity contribution in [3.8, 4) is 0 Å². The lowest BCUT2D eigenvalue weighted by Crippen LogP contribution is -2.13. The van der Waals surface area contributed by atoms with Gasteiger partial charge in [0.2, 0.25) is 0 Å². The first-order valence-corrected chi connectivity index (χ1v) is 9.72. The summed E-state index contributed by atoms with van der Waals surface area (Å²) in [4.78, 5) is 2.92. The molecule has 6 nitrogen and oxygen atoms in total. The first-order valence-electron chi connectivity index (χ1n) is 8.24. The minimum atomic E-state index is -4.79. The molecule has 2 aromatic carbocycles. The summed E-state index contributed by atoms with van der Waals surface area (Å²) in [5.41, 5.74) is -0.730. The molecule has 0 unspecified atom stereocenters. The van der Waals surface area contributed by atoms with Crippen LogP contribution < -0.4 is 4.72 Å². The lowest BCUT2D eigenvalue weighted by Gasteiger charge is -2.10. The molecule has 1 heterocycles. The van der Waals surface area contributed by atoms with Crippen LogP contribution in [0.1, 0.15) is 22.8 Å². The summed E-state index contributed by atoms with van der Waals surface area (Å²) in [7, 11) is -4.15. The second-order valence-corrected chi connectivity index (χ2v) is 7.72. The van der Waals surface area contributed by atoms with Crippen molar-refractivity contribution in [1.82, 2.24) is 10.1 Å². The Balaban J connectivity index is 1.77. The molecule has 0 aliphatic heterocycles. The zero-order chi connectivity index (χ0) is 22.9. The number of hydrogen-bond acceptors (Lipinski definition) is 5. The molecule has 0 spiro atoms. The SMILES string of the molecule is O=S(=O)(Nc1ccc(C(F)(F)F)cc1)c1cccc(C=Cc2noc(C(F)(F)F)n2)c1. The second-order valence-electron chi connectivity index (χ2n) is 6.04. The Morgan fingerprint density at radius 2 is 1.58 bits per heavy atom. The van der Waals surface area contributed by atoms with Crippen molar-refractivity contribution >= 4 is 27.9 Å². The molecule has 0 saturated carbocycles. The van der Waals surface area contributed by atoms with Gasteiger partial charge in [0.25, 0.3) is 10.0 Å². The third-order valence-electron chi connectivity index (χ3n) is 3.74. The first kappa shape index (κ1) is 22.3. The molecule has 1 N–H and O–H groups in total. The van der Waals surface area contributed by atoms with Gasteiger partial charge < -0.3 is 4.52 Å². The highest BCUT2D eigenvalue weighted by Crippen LogP contribution is 2.30. The number of anilines is 1. The largest absolute Gasteiger partial charge is 0.471 e. The number of sulfonamides is 1. The Bertz CT molecular complexity index is 1200. The fourth-order valence-corrected chi connectivity index (χ4v) is 3.43. The fourth-order valence-electron chi connectivity index (χ4n) is 2.32. The van der Waals surface area contributed by atoms with E-state index in [1.165, 1.54) is 30.3 Å². The third-order valence-corrected chi connectivity index (χ3v) is 5.12. The Kier molecular flexibility index (Phi) is 5.81. The van der Waals surface area contributed by atoms with Gasteiger partial charge in [-0.2, -0.15) is 31.3 Å². The van der Waals surface area contributed by atoms with E-state index >= 15 is 0 Å². The molecule has 1 aromatic heterocycles. The van der Waals surface area contributed by atoms with Crippen LogP contribution in [0.15, 0.2) is 57.9 Å². The Labute approximate surface area is 171 Å². The average molecular weight is 463 g/mol. The van der Waals surface area contributed by atoms with Gasteiger partial charge in [-0.3, -0.25) is 4.72 Å². The third kappa shape index (κ3) is 5.63. The maximum atomic E-state index is 12.6. The Morgan fingerprint density at radius 1 is 0.903 bits per heavy atom. The summed E-state index contributed by atoms with van der Waals surface area (Å²) in [6.07, 6.45) is -7.00. The summed E-state index contributed by atoms with van der Waals surface area (Å²) >= 11 is 0. The van der Waals surface area contributed by atoms with Crippen molar-refractivity contribution in [3.63, 3.8) is 0 Å². The summed E-state index contributed by atoms with van der Waals surface area (Å²) < 4.78 is 106. The maximum Gasteiger partial charge on any atom is 0.471 e. The van der Waals surface area contributed by atoms with Gasteiger partial charge in [-0.05, 0) is 48.0 Å². The van der Waals surface area contributed by atoms with Crippen molar-refractivity contribution in [2.45, 2.75) is 17.2 Å². The minimum Gasteiger partial charge on any atom is -0.329 e. The average Bonchev–Trinajstić information content (AvgIpc) is 3.16. The van der Waals surface area contributed by atoms with Crippen LogP contribution in [0, 0.1) is 0 Å². The highest BCUT2D eigenvalue weighted by Gasteiger charge is 2.38. The molecule has 0 radical (unpaired) electrons. The van der Waals surface area contributed by atoms with E-state index in [9.17, 15) is 34.8 Å². The van der Waals surface area contributed by atoms with E-state index in [0.717, 1.165) is 30.3 Å². The molecule has 3 aromatic rings. The molecule has 0 saturated heterocycles. The summed E-state index contributed by atoms with van der Waals surface area (Å²) in [6.45, 7) is 0. The van der Waals surface area contributed by atoms with E-state index in [2.05, 4.69) is 19.4 Å². The number of nitrogens with zero attached hydrogens (tertiary/aromatic N) is 2. The molecule has 3 rings (SSSR count). The predicted molar refractivity (Wildman–Crippen MR) is 96.9 cm³/mol. The van der Waals surface area contributed by atoms with Crippen LogP contribution in [0.4, 0.5) is 32.0 Å². The molecular weight excluding hydrogens is 452 g/mol. The number of hydrogen-bond donors (Lipinski definition) is 1. The second kappa shape index (κ2) is 8.06. The molecule has 0 amide bonds. The van der Waals surface area contributed by atoms with Gasteiger partial charge in [0.15, 0.2) is 5.82 Å². The lowest BCUT2D eigenvalue weighted by molar-refractivity contribution is -0.159. The smallest absolute Gasteiger partial charge is 0.329 e. The van der Waals surface area contributed by atoms with Crippen molar-refractivity contribution in [2.24, 2.45) is 0 Å². The molecule has 164 valence electrons. The van der Waals surface area contributed by atoms with E-state index < -0.39 is 33.8 Å². The van der Waals surface area contributed by atoms with Crippen LogP contribution in [0.5, 0.6) is 0 Å². The molecule has 0 aliphatic carbocycles. The molecule has 0 atom stereocenters. The minimum absolute atomic E-state index is 0.0829. The highest BCUT2D eigenvalue weighted by molar-refractivity contribution is 7.92. The molecule has 31 heavy (non-hydrogen) atoms. The monoisotopic (exact) mass is 463 g/mol. The topological polar surface area (TPSA) is 85.1 Å². The van der Waals surface area contributed by atoms with Crippen LogP contribution in [0.3, 0.4) is 0 Å². The zero-order valence-corrected chi connectivity index (χ0v) is 15.9. The van der Waals surface area contributed by atoms with E-state index in [1.807, 2.05) is 0 Å². The van der Waals surface area contributed by atoms with Crippen molar-refractivity contribution in [2.75, 3.05) is 4.72 Å². The van der Waals surface area contributed by atoms with Gasteiger partial charge in [-0.1, -0.05) is 23.4 Å². The van der Waals surface area contributed by atoms with Crippen LogP contribution in [-0.2, 0) is 22.4 Å². The van der Waals surface area contributed by atoms with E-state index in [1.54, 1.807) is 0 Å². The molecule has 0 aliphatic rings. The number of aromatic nitrogens is 2. The number of nitrogens with one attached hydrogen (secondary N) is 1. The summed E-state index contributed by atoms with van der Waals surface area (Å²) in [6, 6.07) is 8.69. The van der Waals surface area contributed by atoms with Crippen LogP contribution in [0.2, 0.25) is 0 Å². The van der Waals surface area contributed by atoms with Crippen molar-refractivity contribution < 1.29 is 39.3 Å². The molecule has 0 fully saturated rings. The molecule has 13 heteroatoms. The summed E-state index contributed by atoms with van der Waals surface area (Å²) in [5, 5.41) is 3.15. The van der Waals surface area contributed by atoms with E-state index in [-0.39, 0.29) is 22.0 Å². The van der Waals surface area contributed by atoms with Gasteiger partial charge >= 0.3 is 18.2 Å². The van der Waals surface area contributed by atoms with Gasteiger partial charge in [0.1, 0.15) is 0 Å². The molecular formula is C18H11F6N3O3S.